The summed E-state index contributed by atoms with van der Waals surface area (Å²) in [6.45, 7) is 6.02. The number of likely N-dealkylation sites (N-methyl/N-ethyl adjacent to an activating group) is 1. The summed E-state index contributed by atoms with van der Waals surface area (Å²) >= 11 is 0. The number of piperidine rings is 1. The maximum Gasteiger partial charge on any atom is 0.0323 e. The van der Waals surface area contributed by atoms with Crippen molar-refractivity contribution >= 4 is 0 Å². The summed E-state index contributed by atoms with van der Waals surface area (Å²) < 4.78 is 0. The van der Waals surface area contributed by atoms with Crippen molar-refractivity contribution in [3.63, 3.8) is 0 Å². The number of nitrogens with zero attached hydrogens (tertiary/aromatic N) is 1. The van der Waals surface area contributed by atoms with Crippen molar-refractivity contribution in [2.45, 2.75) is 25.3 Å². The molecule has 1 N–H and O–H groups in total. The van der Waals surface area contributed by atoms with E-state index in [2.05, 4.69) is 23.8 Å². The van der Waals surface area contributed by atoms with E-state index in [0.29, 0.717) is 6.04 Å². The Morgan fingerprint density at radius 1 is 1.64 bits per heavy atom. The van der Waals surface area contributed by atoms with Crippen LogP contribution in [-0.2, 0) is 0 Å². The minimum Gasteiger partial charge on any atom is -0.379 e. The second-order valence-corrected chi connectivity index (χ2v) is 3.27. The summed E-state index contributed by atoms with van der Waals surface area (Å²) in [5, 5.41) is 3.49. The van der Waals surface area contributed by atoms with E-state index in [9.17, 15) is 0 Å². The third-order valence-electron chi connectivity index (χ3n) is 2.23. The van der Waals surface area contributed by atoms with Crippen molar-refractivity contribution in [2.75, 3.05) is 20.1 Å². The van der Waals surface area contributed by atoms with Crippen LogP contribution in [0.1, 0.15) is 19.3 Å². The lowest BCUT2D eigenvalue weighted by Crippen LogP contribution is -2.40. The Balaban J connectivity index is 2.18. The van der Waals surface area contributed by atoms with Crippen molar-refractivity contribution in [1.29, 1.82) is 0 Å². The van der Waals surface area contributed by atoms with Crippen LogP contribution in [0.2, 0.25) is 0 Å². The fourth-order valence-corrected chi connectivity index (χ4v) is 1.50. The highest BCUT2D eigenvalue weighted by Crippen LogP contribution is 2.07. The summed E-state index contributed by atoms with van der Waals surface area (Å²) in [4.78, 5) is 2.14. The molecule has 1 aliphatic heterocycles. The highest BCUT2D eigenvalue weighted by atomic mass is 15.1. The Hall–Kier alpha value is -0.500. The zero-order chi connectivity index (χ0) is 8.10. The molecule has 1 heterocycles. The van der Waals surface area contributed by atoms with Crippen LogP contribution in [0.15, 0.2) is 12.8 Å². The summed E-state index contributed by atoms with van der Waals surface area (Å²) in [5.41, 5.74) is 0. The van der Waals surface area contributed by atoms with Crippen molar-refractivity contribution in [2.24, 2.45) is 0 Å². The number of rotatable bonds is 3. The average molecular weight is 154 g/mol. The van der Waals surface area contributed by atoms with Gasteiger partial charge in [-0.15, -0.1) is 0 Å². The highest BCUT2D eigenvalue weighted by Gasteiger charge is 2.12. The third-order valence-corrected chi connectivity index (χ3v) is 2.23. The lowest BCUT2D eigenvalue weighted by molar-refractivity contribution is 0.318. The fraction of sp³-hybridized carbons (Fsp3) is 0.778. The highest BCUT2D eigenvalue weighted by molar-refractivity contribution is 4.78. The SMILES string of the molecule is C=CN(C)C[C@H]1CCCCN1. The quantitative estimate of drug-likeness (QED) is 0.657. The van der Waals surface area contributed by atoms with Crippen molar-refractivity contribution in [3.05, 3.63) is 12.8 Å². The third kappa shape index (κ3) is 2.93. The van der Waals surface area contributed by atoms with E-state index < -0.39 is 0 Å². The molecular weight excluding hydrogens is 136 g/mol. The average Bonchev–Trinajstić information content (AvgIpc) is 2.06. The second kappa shape index (κ2) is 4.39. The zero-order valence-electron chi connectivity index (χ0n) is 7.34. The molecule has 1 saturated heterocycles. The topological polar surface area (TPSA) is 15.3 Å². The molecule has 1 fully saturated rings. The Kier molecular flexibility index (Phi) is 3.43. The van der Waals surface area contributed by atoms with Gasteiger partial charge in [0.1, 0.15) is 0 Å². The first-order valence-electron chi connectivity index (χ1n) is 4.39. The van der Waals surface area contributed by atoms with Gasteiger partial charge >= 0.3 is 0 Å². The summed E-state index contributed by atoms with van der Waals surface area (Å²) in [5.74, 6) is 0. The molecule has 0 bridgehead atoms. The standard InChI is InChI=1S/C9H18N2/c1-3-11(2)8-9-6-4-5-7-10-9/h3,9-10H,1,4-8H2,2H3/t9-/m1/s1. The lowest BCUT2D eigenvalue weighted by atomic mass is 10.1. The first-order chi connectivity index (χ1) is 5.33. The van der Waals surface area contributed by atoms with Crippen molar-refractivity contribution in [3.8, 4) is 0 Å². The molecule has 0 aromatic carbocycles. The van der Waals surface area contributed by atoms with Crippen LogP contribution in [0, 0.1) is 0 Å². The van der Waals surface area contributed by atoms with Crippen LogP contribution in [0.5, 0.6) is 0 Å². The van der Waals surface area contributed by atoms with Gasteiger partial charge in [0.05, 0.1) is 0 Å². The minimum atomic E-state index is 0.687. The van der Waals surface area contributed by atoms with Crippen molar-refractivity contribution < 1.29 is 0 Å². The Labute approximate surface area is 69.3 Å². The molecule has 0 aromatic rings. The molecule has 0 spiro atoms. The monoisotopic (exact) mass is 154 g/mol. The van der Waals surface area contributed by atoms with Gasteiger partial charge in [-0.1, -0.05) is 13.0 Å². The molecule has 0 unspecified atom stereocenters. The first-order valence-corrected chi connectivity index (χ1v) is 4.39. The predicted molar refractivity (Wildman–Crippen MR) is 48.5 cm³/mol. The Bertz CT molecular complexity index is 117. The maximum atomic E-state index is 3.72. The van der Waals surface area contributed by atoms with E-state index in [-0.39, 0.29) is 0 Å². The van der Waals surface area contributed by atoms with E-state index in [1.54, 1.807) is 0 Å². The molecule has 0 aliphatic carbocycles. The normalized spacial score (nSPS) is 24.6. The van der Waals surface area contributed by atoms with Crippen LogP contribution in [0.25, 0.3) is 0 Å². The van der Waals surface area contributed by atoms with E-state index in [1.165, 1.54) is 25.8 Å². The molecule has 0 amide bonds. The number of nitrogens with one attached hydrogen (secondary N) is 1. The lowest BCUT2D eigenvalue weighted by Gasteiger charge is -2.27. The van der Waals surface area contributed by atoms with Crippen LogP contribution in [-0.4, -0.2) is 31.1 Å². The summed E-state index contributed by atoms with van der Waals surface area (Å²) in [7, 11) is 2.07. The van der Waals surface area contributed by atoms with Crippen LogP contribution in [0.3, 0.4) is 0 Å². The van der Waals surface area contributed by atoms with E-state index in [1.807, 2.05) is 6.20 Å². The van der Waals surface area contributed by atoms with Crippen LogP contribution in [0.4, 0.5) is 0 Å². The molecule has 1 aliphatic rings. The number of hydrogen-bond acceptors (Lipinski definition) is 2. The van der Waals surface area contributed by atoms with E-state index >= 15 is 0 Å². The zero-order valence-corrected chi connectivity index (χ0v) is 7.34. The van der Waals surface area contributed by atoms with Gasteiger partial charge in [-0.25, -0.2) is 0 Å². The molecule has 64 valence electrons. The molecule has 1 rings (SSSR count). The van der Waals surface area contributed by atoms with Gasteiger partial charge in [-0.3, -0.25) is 0 Å². The summed E-state index contributed by atoms with van der Waals surface area (Å²) in [6.07, 6.45) is 5.92. The largest absolute Gasteiger partial charge is 0.379 e. The second-order valence-electron chi connectivity index (χ2n) is 3.27. The predicted octanol–water partition coefficient (Wildman–Crippen LogP) is 1.20. The molecule has 0 saturated carbocycles. The van der Waals surface area contributed by atoms with Crippen molar-refractivity contribution in [1.82, 2.24) is 10.2 Å². The Morgan fingerprint density at radius 3 is 3.00 bits per heavy atom. The first kappa shape index (κ1) is 8.60. The Morgan fingerprint density at radius 2 is 2.45 bits per heavy atom. The molecule has 0 radical (unpaired) electrons. The smallest absolute Gasteiger partial charge is 0.0323 e. The van der Waals surface area contributed by atoms with E-state index in [0.717, 1.165) is 6.54 Å². The molecule has 2 nitrogen and oxygen atoms in total. The molecule has 0 aromatic heterocycles. The van der Waals surface area contributed by atoms with Gasteiger partial charge < -0.3 is 10.2 Å². The summed E-state index contributed by atoms with van der Waals surface area (Å²) in [6, 6.07) is 0.687. The maximum absolute atomic E-state index is 3.72. The molecule has 2 heteroatoms. The van der Waals surface area contributed by atoms with Gasteiger partial charge in [0.2, 0.25) is 0 Å². The van der Waals surface area contributed by atoms with Gasteiger partial charge in [-0.2, -0.15) is 0 Å². The van der Waals surface area contributed by atoms with Gasteiger partial charge in [0.25, 0.3) is 0 Å². The van der Waals surface area contributed by atoms with Gasteiger partial charge in [-0.05, 0) is 25.6 Å². The minimum absolute atomic E-state index is 0.687. The van der Waals surface area contributed by atoms with E-state index in [4.69, 9.17) is 0 Å². The fourth-order valence-electron chi connectivity index (χ4n) is 1.50. The van der Waals surface area contributed by atoms with Crippen LogP contribution < -0.4 is 5.32 Å². The van der Waals surface area contributed by atoms with Gasteiger partial charge in [0, 0.05) is 19.6 Å². The molecule has 1 atom stereocenters. The number of hydrogen-bond donors (Lipinski definition) is 1. The molecular formula is C9H18N2. The van der Waals surface area contributed by atoms with Gasteiger partial charge in [0.15, 0.2) is 0 Å². The van der Waals surface area contributed by atoms with Crippen LogP contribution >= 0.6 is 0 Å². The molecule has 11 heavy (non-hydrogen) atoms.